The Labute approximate surface area is 152 Å². The number of nitrogens with one attached hydrogen (secondary N) is 2. The Morgan fingerprint density at radius 1 is 1.00 bits per heavy atom. The van der Waals surface area contributed by atoms with Crippen LogP contribution in [0.15, 0.2) is 54.6 Å². The van der Waals surface area contributed by atoms with Gasteiger partial charge in [0.25, 0.3) is 11.8 Å². The first-order valence-electron chi connectivity index (χ1n) is 8.41. The number of ether oxygens (including phenoxy) is 1. The smallest absolute Gasteiger partial charge is 0.306 e. The van der Waals surface area contributed by atoms with Gasteiger partial charge in [0.2, 0.25) is 0 Å². The summed E-state index contributed by atoms with van der Waals surface area (Å²) in [6.07, 6.45) is 0.198. The zero-order valence-electron chi connectivity index (χ0n) is 14.8. The van der Waals surface area contributed by atoms with E-state index in [2.05, 4.69) is 10.6 Å². The van der Waals surface area contributed by atoms with Gasteiger partial charge in [0.1, 0.15) is 0 Å². The first kappa shape index (κ1) is 19.2. The van der Waals surface area contributed by atoms with Crippen molar-refractivity contribution in [2.24, 2.45) is 0 Å². The number of esters is 1. The van der Waals surface area contributed by atoms with Crippen LogP contribution in [0.5, 0.6) is 0 Å². The van der Waals surface area contributed by atoms with Crippen LogP contribution >= 0.6 is 0 Å². The van der Waals surface area contributed by atoms with E-state index in [1.54, 1.807) is 31.2 Å². The van der Waals surface area contributed by atoms with Gasteiger partial charge in [-0.25, -0.2) is 0 Å². The number of anilines is 1. The highest BCUT2D eigenvalue weighted by atomic mass is 16.5. The van der Waals surface area contributed by atoms with E-state index in [4.69, 9.17) is 4.74 Å². The van der Waals surface area contributed by atoms with E-state index in [1.165, 1.54) is 0 Å². The molecule has 0 bridgehead atoms. The number of amides is 2. The number of hydrogen-bond acceptors (Lipinski definition) is 4. The average molecular weight is 354 g/mol. The van der Waals surface area contributed by atoms with Crippen LogP contribution in [0.2, 0.25) is 0 Å². The summed E-state index contributed by atoms with van der Waals surface area (Å²) in [5.41, 5.74) is 1.68. The summed E-state index contributed by atoms with van der Waals surface area (Å²) in [5, 5.41) is 5.52. The predicted molar refractivity (Wildman–Crippen MR) is 98.6 cm³/mol. The average Bonchev–Trinajstić information content (AvgIpc) is 2.67. The number of para-hydroxylation sites is 1. The topological polar surface area (TPSA) is 84.5 Å². The Morgan fingerprint density at radius 3 is 2.35 bits per heavy atom. The van der Waals surface area contributed by atoms with Gasteiger partial charge < -0.3 is 15.4 Å². The standard InChI is InChI=1S/C20H22N2O4/c1-3-19(24)26-13-18(23)22-17-12-8-7-11-16(17)20(25)21-14(2)15-9-5-4-6-10-15/h4-12,14H,3,13H2,1-2H3,(H,21,25)(H,22,23)/t14-/m0/s1. The van der Waals surface area contributed by atoms with Crippen molar-refractivity contribution in [3.63, 3.8) is 0 Å². The molecule has 0 aromatic heterocycles. The van der Waals surface area contributed by atoms with Gasteiger partial charge in [-0.1, -0.05) is 49.4 Å². The fourth-order valence-corrected chi connectivity index (χ4v) is 2.32. The fourth-order valence-electron chi connectivity index (χ4n) is 2.32. The third-order valence-corrected chi connectivity index (χ3v) is 3.75. The summed E-state index contributed by atoms with van der Waals surface area (Å²) in [6, 6.07) is 16.1. The molecule has 0 unspecified atom stereocenters. The maximum atomic E-state index is 12.6. The normalized spacial score (nSPS) is 11.3. The van der Waals surface area contributed by atoms with Crippen LogP contribution in [0.1, 0.15) is 42.2 Å². The molecular formula is C20H22N2O4. The molecule has 26 heavy (non-hydrogen) atoms. The SMILES string of the molecule is CCC(=O)OCC(=O)Nc1ccccc1C(=O)N[C@@H](C)c1ccccc1. The van der Waals surface area contributed by atoms with Crippen LogP contribution in [0.4, 0.5) is 5.69 Å². The van der Waals surface area contributed by atoms with Crippen molar-refractivity contribution >= 4 is 23.5 Å². The minimum atomic E-state index is -0.497. The summed E-state index contributed by atoms with van der Waals surface area (Å²) >= 11 is 0. The van der Waals surface area contributed by atoms with Crippen LogP contribution in [0.25, 0.3) is 0 Å². The molecule has 2 rings (SSSR count). The highest BCUT2D eigenvalue weighted by Crippen LogP contribution is 2.18. The van der Waals surface area contributed by atoms with Crippen LogP contribution in [-0.2, 0) is 14.3 Å². The van der Waals surface area contributed by atoms with Crippen LogP contribution in [0.3, 0.4) is 0 Å². The first-order chi connectivity index (χ1) is 12.5. The molecule has 2 amide bonds. The first-order valence-corrected chi connectivity index (χ1v) is 8.41. The summed E-state index contributed by atoms with van der Waals surface area (Å²) in [6.45, 7) is 3.15. The van der Waals surface area contributed by atoms with Gasteiger partial charge in [0.15, 0.2) is 6.61 Å². The van der Waals surface area contributed by atoms with Gasteiger partial charge in [0, 0.05) is 6.42 Å². The van der Waals surface area contributed by atoms with Gasteiger partial charge in [-0.3, -0.25) is 14.4 Å². The molecular weight excluding hydrogens is 332 g/mol. The second-order valence-corrected chi connectivity index (χ2v) is 5.71. The van der Waals surface area contributed by atoms with Crippen molar-refractivity contribution in [1.82, 2.24) is 5.32 Å². The van der Waals surface area contributed by atoms with Crippen molar-refractivity contribution in [3.05, 3.63) is 65.7 Å². The molecule has 0 aliphatic heterocycles. The fraction of sp³-hybridized carbons (Fsp3) is 0.250. The van der Waals surface area contributed by atoms with E-state index in [9.17, 15) is 14.4 Å². The summed E-state index contributed by atoms with van der Waals surface area (Å²) in [7, 11) is 0. The largest absolute Gasteiger partial charge is 0.456 e. The zero-order valence-corrected chi connectivity index (χ0v) is 14.8. The molecule has 0 aliphatic rings. The van der Waals surface area contributed by atoms with Crippen molar-refractivity contribution in [3.8, 4) is 0 Å². The van der Waals surface area contributed by atoms with E-state index < -0.39 is 11.9 Å². The second kappa shape index (κ2) is 9.36. The lowest BCUT2D eigenvalue weighted by Crippen LogP contribution is -2.28. The van der Waals surface area contributed by atoms with Gasteiger partial charge >= 0.3 is 5.97 Å². The third-order valence-electron chi connectivity index (χ3n) is 3.75. The molecule has 2 N–H and O–H groups in total. The minimum absolute atomic E-state index is 0.182. The molecule has 0 spiro atoms. The molecule has 0 aliphatic carbocycles. The number of carbonyl (C=O) groups excluding carboxylic acids is 3. The minimum Gasteiger partial charge on any atom is -0.456 e. The highest BCUT2D eigenvalue weighted by molar-refractivity contribution is 6.04. The molecule has 0 heterocycles. The summed E-state index contributed by atoms with van der Waals surface area (Å²) < 4.78 is 4.80. The molecule has 1 atom stereocenters. The van der Waals surface area contributed by atoms with E-state index >= 15 is 0 Å². The maximum absolute atomic E-state index is 12.6. The number of rotatable bonds is 7. The van der Waals surface area contributed by atoms with Crippen molar-refractivity contribution < 1.29 is 19.1 Å². The highest BCUT2D eigenvalue weighted by Gasteiger charge is 2.16. The molecule has 0 radical (unpaired) electrons. The third kappa shape index (κ3) is 5.44. The molecule has 0 saturated heterocycles. The second-order valence-electron chi connectivity index (χ2n) is 5.71. The lowest BCUT2D eigenvalue weighted by Gasteiger charge is -2.16. The Morgan fingerprint density at radius 2 is 1.65 bits per heavy atom. The summed E-state index contributed by atoms with van der Waals surface area (Å²) in [5.74, 6) is -1.26. The zero-order chi connectivity index (χ0) is 18.9. The number of benzene rings is 2. The quantitative estimate of drug-likeness (QED) is 0.749. The van der Waals surface area contributed by atoms with Crippen LogP contribution < -0.4 is 10.6 Å². The van der Waals surface area contributed by atoms with Crippen molar-refractivity contribution in [1.29, 1.82) is 0 Å². The lowest BCUT2D eigenvalue weighted by atomic mass is 10.1. The van der Waals surface area contributed by atoms with Crippen LogP contribution in [0, 0.1) is 0 Å². The summed E-state index contributed by atoms with van der Waals surface area (Å²) in [4.78, 5) is 35.7. The van der Waals surface area contributed by atoms with Gasteiger partial charge in [0.05, 0.1) is 17.3 Å². The molecule has 0 fully saturated rings. The van der Waals surface area contributed by atoms with Gasteiger partial charge in [-0.2, -0.15) is 0 Å². The lowest BCUT2D eigenvalue weighted by molar-refractivity contribution is -0.146. The molecule has 0 saturated carbocycles. The Balaban J connectivity index is 2.04. The van der Waals surface area contributed by atoms with Crippen molar-refractivity contribution in [2.75, 3.05) is 11.9 Å². The predicted octanol–water partition coefficient (Wildman–Crippen LogP) is 3.07. The Bertz CT molecular complexity index is 774. The molecule has 2 aromatic rings. The van der Waals surface area contributed by atoms with E-state index in [0.717, 1.165) is 5.56 Å². The van der Waals surface area contributed by atoms with E-state index in [0.29, 0.717) is 11.3 Å². The number of hydrogen-bond donors (Lipinski definition) is 2. The van der Waals surface area contributed by atoms with Gasteiger partial charge in [-0.05, 0) is 24.6 Å². The Kier molecular flexibility index (Phi) is 6.91. The molecule has 6 nitrogen and oxygen atoms in total. The van der Waals surface area contributed by atoms with E-state index in [1.807, 2.05) is 37.3 Å². The monoisotopic (exact) mass is 354 g/mol. The van der Waals surface area contributed by atoms with Crippen LogP contribution in [-0.4, -0.2) is 24.4 Å². The number of carbonyl (C=O) groups is 3. The Hall–Kier alpha value is -3.15. The van der Waals surface area contributed by atoms with Gasteiger partial charge in [-0.15, -0.1) is 0 Å². The molecule has 6 heteroatoms. The van der Waals surface area contributed by atoms with Crippen molar-refractivity contribution in [2.45, 2.75) is 26.3 Å². The van der Waals surface area contributed by atoms with E-state index in [-0.39, 0.29) is 25.0 Å². The molecule has 2 aromatic carbocycles. The maximum Gasteiger partial charge on any atom is 0.306 e. The molecule has 136 valence electrons.